The smallest absolute Gasteiger partial charge is 0.138 e. The van der Waals surface area contributed by atoms with Crippen molar-refractivity contribution >= 4 is 28.3 Å². The summed E-state index contributed by atoms with van der Waals surface area (Å²) in [5, 5.41) is 0. The fourth-order valence-electron chi connectivity index (χ4n) is 1.72. The van der Waals surface area contributed by atoms with Gasteiger partial charge in [0.25, 0.3) is 0 Å². The molecule has 16 heavy (non-hydrogen) atoms. The molecule has 0 saturated carbocycles. The van der Waals surface area contributed by atoms with E-state index in [2.05, 4.69) is 47.2 Å². The van der Waals surface area contributed by atoms with Gasteiger partial charge in [0.05, 0.1) is 12.5 Å². The fraction of sp³-hybridized carbons (Fsp3) is 0.417. The minimum atomic E-state index is 0.957. The average Bonchev–Trinajstić information content (AvgIpc) is 2.32. The Morgan fingerprint density at radius 3 is 2.81 bits per heavy atom. The Morgan fingerprint density at radius 2 is 2.06 bits per heavy atom. The van der Waals surface area contributed by atoms with E-state index in [1.54, 1.807) is 11.8 Å². The zero-order valence-corrected chi connectivity index (χ0v) is 11.1. The van der Waals surface area contributed by atoms with E-state index in [-0.39, 0.29) is 0 Å². The molecule has 0 bridgehead atoms. The second kappa shape index (κ2) is 5.66. The number of hydrogen-bond donors (Lipinski definition) is 0. The molecule has 0 atom stereocenters. The first-order valence-corrected chi connectivity index (χ1v) is 6.79. The molecule has 1 aromatic rings. The van der Waals surface area contributed by atoms with Crippen LogP contribution in [0.3, 0.4) is 0 Å². The lowest BCUT2D eigenvalue weighted by molar-refractivity contribution is 0.251. The van der Waals surface area contributed by atoms with Crippen LogP contribution in [-0.4, -0.2) is 40.3 Å². The normalized spacial score (nSPS) is 17.8. The highest BCUT2D eigenvalue weighted by atomic mass is 32.2. The van der Waals surface area contributed by atoms with Gasteiger partial charge in [-0.15, -0.1) is 0 Å². The van der Waals surface area contributed by atoms with Crippen molar-refractivity contribution in [1.82, 2.24) is 9.80 Å². The van der Waals surface area contributed by atoms with Gasteiger partial charge in [0.2, 0.25) is 0 Å². The number of thioether (sulfide) groups is 1. The summed E-state index contributed by atoms with van der Waals surface area (Å²) in [7, 11) is 2.13. The summed E-state index contributed by atoms with van der Waals surface area (Å²) < 4.78 is 1.04. The molecule has 0 unspecified atom stereocenters. The highest BCUT2D eigenvalue weighted by molar-refractivity contribution is 8.22. The standard InChI is InChI=1S/C12H16N2S2/c1-13-9-14(12(15)16-10-13)8-7-11-5-3-2-4-6-11/h2-6H,7-10H2,1H3. The first-order chi connectivity index (χ1) is 7.75. The van der Waals surface area contributed by atoms with Crippen LogP contribution in [0.15, 0.2) is 30.3 Å². The number of nitrogens with zero attached hydrogens (tertiary/aromatic N) is 2. The van der Waals surface area contributed by atoms with Crippen molar-refractivity contribution in [2.24, 2.45) is 0 Å². The third-order valence-corrected chi connectivity index (χ3v) is 4.28. The number of thiocarbonyl (C=S) groups is 1. The fourth-order valence-corrected chi connectivity index (χ4v) is 2.77. The molecule has 1 aliphatic rings. The molecule has 0 spiro atoms. The molecule has 1 fully saturated rings. The van der Waals surface area contributed by atoms with Crippen LogP contribution >= 0.6 is 24.0 Å². The summed E-state index contributed by atoms with van der Waals surface area (Å²) in [5.74, 6) is 1.01. The van der Waals surface area contributed by atoms with Crippen molar-refractivity contribution in [3.05, 3.63) is 35.9 Å². The SMILES string of the molecule is CN1CSC(=S)N(CCc2ccccc2)C1. The van der Waals surface area contributed by atoms with Crippen molar-refractivity contribution in [3.8, 4) is 0 Å². The minimum absolute atomic E-state index is 0.957. The zero-order chi connectivity index (χ0) is 11.4. The minimum Gasteiger partial charge on any atom is -0.344 e. The molecule has 0 aliphatic carbocycles. The Morgan fingerprint density at radius 1 is 1.31 bits per heavy atom. The van der Waals surface area contributed by atoms with E-state index < -0.39 is 0 Å². The molecule has 0 radical (unpaired) electrons. The van der Waals surface area contributed by atoms with Crippen molar-refractivity contribution in [1.29, 1.82) is 0 Å². The molecule has 4 heteroatoms. The van der Waals surface area contributed by atoms with Crippen LogP contribution in [0.5, 0.6) is 0 Å². The molecule has 0 aromatic heterocycles. The second-order valence-electron chi connectivity index (χ2n) is 4.04. The maximum absolute atomic E-state index is 5.36. The lowest BCUT2D eigenvalue weighted by atomic mass is 10.1. The summed E-state index contributed by atoms with van der Waals surface area (Å²) in [4.78, 5) is 4.56. The highest BCUT2D eigenvalue weighted by Crippen LogP contribution is 2.17. The van der Waals surface area contributed by atoms with Gasteiger partial charge in [0.1, 0.15) is 4.32 Å². The van der Waals surface area contributed by atoms with Gasteiger partial charge in [0.15, 0.2) is 0 Å². The third-order valence-electron chi connectivity index (χ3n) is 2.59. The molecule has 0 amide bonds. The molecule has 1 heterocycles. The van der Waals surface area contributed by atoms with E-state index in [0.29, 0.717) is 0 Å². The van der Waals surface area contributed by atoms with E-state index >= 15 is 0 Å². The molecule has 2 rings (SSSR count). The molecule has 1 saturated heterocycles. The van der Waals surface area contributed by atoms with E-state index in [1.807, 2.05) is 0 Å². The van der Waals surface area contributed by atoms with Crippen LogP contribution < -0.4 is 0 Å². The van der Waals surface area contributed by atoms with E-state index in [0.717, 1.165) is 29.8 Å². The Labute approximate surface area is 107 Å². The van der Waals surface area contributed by atoms with E-state index in [9.17, 15) is 0 Å². The first kappa shape index (κ1) is 11.9. The van der Waals surface area contributed by atoms with Crippen molar-refractivity contribution in [3.63, 3.8) is 0 Å². The van der Waals surface area contributed by atoms with Gasteiger partial charge in [0, 0.05) is 6.54 Å². The van der Waals surface area contributed by atoms with Crippen LogP contribution in [0.2, 0.25) is 0 Å². The zero-order valence-electron chi connectivity index (χ0n) is 9.43. The van der Waals surface area contributed by atoms with Crippen LogP contribution in [-0.2, 0) is 6.42 Å². The van der Waals surface area contributed by atoms with Crippen LogP contribution in [0.25, 0.3) is 0 Å². The average molecular weight is 252 g/mol. The van der Waals surface area contributed by atoms with Crippen molar-refractivity contribution < 1.29 is 0 Å². The van der Waals surface area contributed by atoms with E-state index in [4.69, 9.17) is 12.2 Å². The van der Waals surface area contributed by atoms with Crippen LogP contribution in [0.4, 0.5) is 0 Å². The lowest BCUT2D eigenvalue weighted by Crippen LogP contribution is -2.43. The van der Waals surface area contributed by atoms with Crippen molar-refractivity contribution in [2.45, 2.75) is 6.42 Å². The molecule has 1 aliphatic heterocycles. The Balaban J connectivity index is 1.87. The molecule has 2 nitrogen and oxygen atoms in total. The van der Waals surface area contributed by atoms with Gasteiger partial charge in [-0.2, -0.15) is 0 Å². The van der Waals surface area contributed by atoms with Gasteiger partial charge in [-0.25, -0.2) is 0 Å². The Kier molecular flexibility index (Phi) is 4.21. The van der Waals surface area contributed by atoms with Crippen LogP contribution in [0.1, 0.15) is 5.56 Å². The van der Waals surface area contributed by atoms with Gasteiger partial charge >= 0.3 is 0 Å². The quantitative estimate of drug-likeness (QED) is 0.762. The van der Waals surface area contributed by atoms with Gasteiger partial charge in [-0.1, -0.05) is 54.3 Å². The third kappa shape index (κ3) is 3.20. The maximum atomic E-state index is 5.36. The van der Waals surface area contributed by atoms with Gasteiger partial charge < -0.3 is 4.90 Å². The summed E-state index contributed by atoms with van der Waals surface area (Å²) in [6.45, 7) is 1.97. The topological polar surface area (TPSA) is 6.48 Å². The second-order valence-corrected chi connectivity index (χ2v) is 5.61. The van der Waals surface area contributed by atoms with Gasteiger partial charge in [-0.05, 0) is 19.0 Å². The van der Waals surface area contributed by atoms with E-state index in [1.165, 1.54) is 5.56 Å². The molecule has 86 valence electrons. The number of hydrogen-bond acceptors (Lipinski definition) is 3. The molecule has 1 aromatic carbocycles. The summed E-state index contributed by atoms with van der Waals surface area (Å²) in [6, 6.07) is 10.6. The summed E-state index contributed by atoms with van der Waals surface area (Å²) in [5.41, 5.74) is 1.38. The molecular formula is C12H16N2S2. The van der Waals surface area contributed by atoms with Crippen molar-refractivity contribution in [2.75, 3.05) is 26.1 Å². The highest BCUT2D eigenvalue weighted by Gasteiger charge is 2.18. The summed E-state index contributed by atoms with van der Waals surface area (Å²) in [6.07, 6.45) is 1.06. The largest absolute Gasteiger partial charge is 0.344 e. The Bertz CT molecular complexity index is 353. The first-order valence-electron chi connectivity index (χ1n) is 5.40. The molecule has 0 N–H and O–H groups in total. The predicted octanol–water partition coefficient (Wildman–Crippen LogP) is 2.41. The van der Waals surface area contributed by atoms with Gasteiger partial charge in [-0.3, -0.25) is 4.90 Å². The number of benzene rings is 1. The Hall–Kier alpha value is -0.580. The molecular weight excluding hydrogens is 236 g/mol. The predicted molar refractivity (Wildman–Crippen MR) is 74.5 cm³/mol. The number of rotatable bonds is 3. The lowest BCUT2D eigenvalue weighted by Gasteiger charge is -2.34. The monoisotopic (exact) mass is 252 g/mol. The van der Waals surface area contributed by atoms with Crippen LogP contribution in [0, 0.1) is 0 Å². The summed E-state index contributed by atoms with van der Waals surface area (Å²) >= 11 is 7.11. The maximum Gasteiger partial charge on any atom is 0.138 e.